The molecule has 0 aromatic carbocycles. The molecule has 5 nitrogen and oxygen atoms in total. The smallest absolute Gasteiger partial charge is 0.237 e. The van der Waals surface area contributed by atoms with Crippen LogP contribution in [0.3, 0.4) is 0 Å². The van der Waals surface area contributed by atoms with Crippen molar-refractivity contribution in [3.05, 3.63) is 0 Å². The molecular weight excluding hydrogens is 182 g/mol. The molecule has 2 fully saturated rings. The number of rotatable bonds is 3. The average Bonchev–Trinajstić information content (AvgIpc) is 2.12. The summed E-state index contributed by atoms with van der Waals surface area (Å²) in [5.74, 6) is 0.409. The van der Waals surface area contributed by atoms with Crippen LogP contribution < -0.4 is 11.1 Å². The monoisotopic (exact) mass is 199 g/mol. The van der Waals surface area contributed by atoms with Crippen LogP contribution in [0.1, 0.15) is 0 Å². The number of nitrogens with two attached hydrogens (primary N) is 1. The number of morpholine rings is 1. The molecule has 1 atom stereocenters. The number of carbonyl (C=O) groups excluding carboxylic acids is 1. The van der Waals surface area contributed by atoms with Crippen molar-refractivity contribution in [1.82, 2.24) is 10.2 Å². The minimum atomic E-state index is -0.267. The number of hydrogen-bond acceptors (Lipinski definition) is 4. The molecule has 0 saturated carbocycles. The molecule has 0 spiro atoms. The molecule has 14 heavy (non-hydrogen) atoms. The lowest BCUT2D eigenvalue weighted by Gasteiger charge is -2.38. The standard InChI is InChI=1S/C9H17N3O2/c10-9(13)8-6-14-2-1-12(8)5-7-3-11-4-7/h7-8,11H,1-6H2,(H2,10,13). The lowest BCUT2D eigenvalue weighted by molar-refractivity contribution is -0.129. The van der Waals surface area contributed by atoms with Crippen molar-refractivity contribution in [1.29, 1.82) is 0 Å². The fraction of sp³-hybridized carbons (Fsp3) is 0.889. The first-order valence-corrected chi connectivity index (χ1v) is 5.09. The Hall–Kier alpha value is -0.650. The summed E-state index contributed by atoms with van der Waals surface area (Å²) in [5.41, 5.74) is 5.32. The van der Waals surface area contributed by atoms with Crippen LogP contribution in [0.5, 0.6) is 0 Å². The molecule has 3 N–H and O–H groups in total. The molecule has 5 heteroatoms. The highest BCUT2D eigenvalue weighted by Gasteiger charge is 2.30. The number of primary amides is 1. The van der Waals surface area contributed by atoms with Crippen LogP contribution >= 0.6 is 0 Å². The summed E-state index contributed by atoms with van der Waals surface area (Å²) in [6.07, 6.45) is 0. The van der Waals surface area contributed by atoms with Gasteiger partial charge in [-0.1, -0.05) is 0 Å². The normalized spacial score (nSPS) is 29.9. The third-order valence-corrected chi connectivity index (χ3v) is 2.93. The second-order valence-electron chi connectivity index (χ2n) is 4.01. The van der Waals surface area contributed by atoms with Gasteiger partial charge in [0.15, 0.2) is 0 Å². The zero-order valence-electron chi connectivity index (χ0n) is 8.24. The molecule has 0 aliphatic carbocycles. The maximum absolute atomic E-state index is 11.1. The lowest BCUT2D eigenvalue weighted by Crippen LogP contribution is -2.57. The molecule has 0 bridgehead atoms. The number of ether oxygens (including phenoxy) is 1. The van der Waals surface area contributed by atoms with E-state index in [2.05, 4.69) is 10.2 Å². The van der Waals surface area contributed by atoms with Gasteiger partial charge in [-0.2, -0.15) is 0 Å². The average molecular weight is 199 g/mol. The molecule has 2 rings (SSSR count). The minimum Gasteiger partial charge on any atom is -0.378 e. The molecule has 2 heterocycles. The maximum atomic E-state index is 11.1. The topological polar surface area (TPSA) is 67.6 Å². The highest BCUT2D eigenvalue weighted by molar-refractivity contribution is 5.80. The minimum absolute atomic E-state index is 0.218. The highest BCUT2D eigenvalue weighted by atomic mass is 16.5. The second-order valence-corrected chi connectivity index (χ2v) is 4.01. The van der Waals surface area contributed by atoms with Gasteiger partial charge in [0, 0.05) is 26.2 Å². The van der Waals surface area contributed by atoms with E-state index in [9.17, 15) is 4.79 Å². The predicted molar refractivity (Wildman–Crippen MR) is 51.7 cm³/mol. The lowest BCUT2D eigenvalue weighted by atomic mass is 10.0. The van der Waals surface area contributed by atoms with Gasteiger partial charge in [0.2, 0.25) is 5.91 Å². The molecule has 0 aromatic heterocycles. The Morgan fingerprint density at radius 3 is 2.93 bits per heavy atom. The van der Waals surface area contributed by atoms with Gasteiger partial charge in [-0.3, -0.25) is 9.69 Å². The van der Waals surface area contributed by atoms with Crippen LogP contribution in [0.25, 0.3) is 0 Å². The van der Waals surface area contributed by atoms with Crippen molar-refractivity contribution in [3.8, 4) is 0 Å². The molecule has 0 aromatic rings. The Bertz CT molecular complexity index is 218. The fourth-order valence-electron chi connectivity index (χ4n) is 1.93. The first kappa shape index (κ1) is 9.89. The molecule has 0 radical (unpaired) electrons. The second kappa shape index (κ2) is 4.25. The number of nitrogens with zero attached hydrogens (tertiary/aromatic N) is 1. The third-order valence-electron chi connectivity index (χ3n) is 2.93. The van der Waals surface area contributed by atoms with E-state index >= 15 is 0 Å². The number of nitrogens with one attached hydrogen (secondary N) is 1. The summed E-state index contributed by atoms with van der Waals surface area (Å²) in [7, 11) is 0. The van der Waals surface area contributed by atoms with Crippen molar-refractivity contribution in [2.24, 2.45) is 11.7 Å². The molecule has 2 aliphatic heterocycles. The largest absolute Gasteiger partial charge is 0.378 e. The van der Waals surface area contributed by atoms with E-state index in [1.807, 2.05) is 0 Å². The molecule has 80 valence electrons. The Labute approximate surface area is 83.6 Å². The number of hydrogen-bond donors (Lipinski definition) is 2. The zero-order chi connectivity index (χ0) is 9.97. The summed E-state index contributed by atoms with van der Waals surface area (Å²) in [4.78, 5) is 13.3. The molecule has 1 unspecified atom stereocenters. The molecule has 2 aliphatic rings. The Balaban J connectivity index is 1.88. The van der Waals surface area contributed by atoms with Gasteiger partial charge in [0.25, 0.3) is 0 Å². The van der Waals surface area contributed by atoms with Gasteiger partial charge in [-0.05, 0) is 5.92 Å². The van der Waals surface area contributed by atoms with Gasteiger partial charge in [-0.25, -0.2) is 0 Å². The van der Waals surface area contributed by atoms with Gasteiger partial charge < -0.3 is 15.8 Å². The summed E-state index contributed by atoms with van der Waals surface area (Å²) in [5, 5.41) is 3.22. The first-order chi connectivity index (χ1) is 6.77. The Morgan fingerprint density at radius 2 is 2.36 bits per heavy atom. The van der Waals surface area contributed by atoms with E-state index in [0.717, 1.165) is 26.2 Å². The van der Waals surface area contributed by atoms with Crippen molar-refractivity contribution in [2.45, 2.75) is 6.04 Å². The van der Waals surface area contributed by atoms with Crippen LogP contribution in [-0.4, -0.2) is 56.2 Å². The van der Waals surface area contributed by atoms with E-state index in [1.54, 1.807) is 0 Å². The summed E-state index contributed by atoms with van der Waals surface area (Å²) < 4.78 is 5.25. The van der Waals surface area contributed by atoms with E-state index in [0.29, 0.717) is 19.1 Å². The molecule has 1 amide bonds. The summed E-state index contributed by atoms with van der Waals surface area (Å²) >= 11 is 0. The van der Waals surface area contributed by atoms with E-state index in [4.69, 9.17) is 10.5 Å². The summed E-state index contributed by atoms with van der Waals surface area (Å²) in [6, 6.07) is -0.218. The predicted octanol–water partition coefficient (Wildman–Crippen LogP) is -1.61. The quantitative estimate of drug-likeness (QED) is 0.574. The van der Waals surface area contributed by atoms with Gasteiger partial charge in [-0.15, -0.1) is 0 Å². The van der Waals surface area contributed by atoms with Crippen LogP contribution in [0.2, 0.25) is 0 Å². The number of carbonyl (C=O) groups is 1. The van der Waals surface area contributed by atoms with Crippen molar-refractivity contribution >= 4 is 5.91 Å². The van der Waals surface area contributed by atoms with Crippen LogP contribution in [-0.2, 0) is 9.53 Å². The zero-order valence-corrected chi connectivity index (χ0v) is 8.24. The van der Waals surface area contributed by atoms with Crippen LogP contribution in [0.15, 0.2) is 0 Å². The van der Waals surface area contributed by atoms with E-state index in [-0.39, 0.29) is 11.9 Å². The van der Waals surface area contributed by atoms with Crippen LogP contribution in [0.4, 0.5) is 0 Å². The Kier molecular flexibility index (Phi) is 3.00. The van der Waals surface area contributed by atoms with Gasteiger partial charge in [0.05, 0.1) is 13.2 Å². The SMILES string of the molecule is NC(=O)C1COCCN1CC1CNC1. The Morgan fingerprint density at radius 1 is 1.57 bits per heavy atom. The highest BCUT2D eigenvalue weighted by Crippen LogP contribution is 2.12. The van der Waals surface area contributed by atoms with Crippen molar-refractivity contribution < 1.29 is 9.53 Å². The molecule has 2 saturated heterocycles. The van der Waals surface area contributed by atoms with E-state index in [1.165, 1.54) is 0 Å². The number of amides is 1. The molecular formula is C9H17N3O2. The third kappa shape index (κ3) is 2.05. The van der Waals surface area contributed by atoms with Crippen LogP contribution in [0, 0.1) is 5.92 Å². The van der Waals surface area contributed by atoms with Gasteiger partial charge >= 0.3 is 0 Å². The van der Waals surface area contributed by atoms with Crippen molar-refractivity contribution in [3.63, 3.8) is 0 Å². The van der Waals surface area contributed by atoms with Crippen molar-refractivity contribution in [2.75, 3.05) is 39.4 Å². The van der Waals surface area contributed by atoms with E-state index < -0.39 is 0 Å². The fourth-order valence-corrected chi connectivity index (χ4v) is 1.93. The van der Waals surface area contributed by atoms with Gasteiger partial charge in [0.1, 0.15) is 6.04 Å². The summed E-state index contributed by atoms with van der Waals surface area (Å²) in [6.45, 7) is 5.07. The first-order valence-electron chi connectivity index (χ1n) is 5.09. The maximum Gasteiger partial charge on any atom is 0.237 e.